The minimum absolute atomic E-state index is 0.0158. The number of anilines is 2. The summed E-state index contributed by atoms with van der Waals surface area (Å²) in [4.78, 5) is 38.0. The van der Waals surface area contributed by atoms with E-state index >= 15 is 0 Å². The second-order valence-corrected chi connectivity index (χ2v) is 5.10. The Morgan fingerprint density at radius 3 is 2.35 bits per heavy atom. The third kappa shape index (κ3) is 2.67. The second-order valence-electron chi connectivity index (χ2n) is 5.10. The molecule has 2 rings (SSSR count). The van der Waals surface area contributed by atoms with Gasteiger partial charge in [0.05, 0.1) is 6.10 Å². The third-order valence-corrected chi connectivity index (χ3v) is 3.50. The lowest BCUT2D eigenvalue weighted by atomic mass is 10.1. The van der Waals surface area contributed by atoms with Gasteiger partial charge in [-0.05, 0) is 6.92 Å². The summed E-state index contributed by atoms with van der Waals surface area (Å²) in [6.45, 7) is 5.51. The molecule has 1 amide bonds. The number of nitrogens with zero attached hydrogens (tertiary/aromatic N) is 2. The third-order valence-electron chi connectivity index (χ3n) is 3.50. The smallest absolute Gasteiger partial charge is 0.253 e. The van der Waals surface area contributed by atoms with Gasteiger partial charge >= 0.3 is 0 Å². The Hall–Kier alpha value is -1.89. The molecule has 20 heavy (non-hydrogen) atoms. The Kier molecular flexibility index (Phi) is 4.08. The van der Waals surface area contributed by atoms with Gasteiger partial charge in [0.2, 0.25) is 5.91 Å². The lowest BCUT2D eigenvalue weighted by Gasteiger charge is -2.36. The van der Waals surface area contributed by atoms with Gasteiger partial charge in [-0.2, -0.15) is 0 Å². The van der Waals surface area contributed by atoms with Crippen molar-refractivity contribution in [2.24, 2.45) is 0 Å². The molecule has 110 valence electrons. The summed E-state index contributed by atoms with van der Waals surface area (Å²) in [7, 11) is 0. The molecule has 1 aromatic carbocycles. The molecule has 0 radical (unpaired) electrons. The number of rotatable bonds is 4. The Morgan fingerprint density at radius 2 is 1.85 bits per heavy atom. The SMILES string of the molecule is CC(=O)N1CCN(c2c(NCC(C)O)c(=O)c2=O)CC1. The normalized spacial score (nSPS) is 17.4. The summed E-state index contributed by atoms with van der Waals surface area (Å²) in [5, 5.41) is 12.0. The first-order chi connectivity index (χ1) is 9.41. The van der Waals surface area contributed by atoms with Gasteiger partial charge in [-0.25, -0.2) is 0 Å². The van der Waals surface area contributed by atoms with E-state index in [2.05, 4.69) is 5.32 Å². The van der Waals surface area contributed by atoms with Gasteiger partial charge in [-0.1, -0.05) is 0 Å². The standard InChI is InChI=1S/C13H19N3O4/c1-8(17)7-14-10-11(13(20)12(10)19)16-5-3-15(4-6-16)9(2)18/h8,14,17H,3-7H2,1-2H3. The predicted molar refractivity (Wildman–Crippen MR) is 76.0 cm³/mol. The van der Waals surface area contributed by atoms with Crippen molar-refractivity contribution in [1.29, 1.82) is 0 Å². The molecule has 1 fully saturated rings. The van der Waals surface area contributed by atoms with Crippen LogP contribution in [0, 0.1) is 0 Å². The van der Waals surface area contributed by atoms with E-state index in [4.69, 9.17) is 0 Å². The first-order valence-electron chi connectivity index (χ1n) is 6.67. The summed E-state index contributed by atoms with van der Waals surface area (Å²) in [5.74, 6) is 0.0158. The van der Waals surface area contributed by atoms with Crippen LogP contribution in [0.1, 0.15) is 13.8 Å². The maximum Gasteiger partial charge on any atom is 0.253 e. The topological polar surface area (TPSA) is 89.9 Å². The van der Waals surface area contributed by atoms with E-state index in [9.17, 15) is 19.5 Å². The van der Waals surface area contributed by atoms with Crippen LogP contribution < -0.4 is 21.1 Å². The first-order valence-corrected chi connectivity index (χ1v) is 6.67. The molecule has 7 nitrogen and oxygen atoms in total. The average molecular weight is 281 g/mol. The van der Waals surface area contributed by atoms with Crippen LogP contribution in [0.25, 0.3) is 0 Å². The van der Waals surface area contributed by atoms with Crippen LogP contribution in [0.4, 0.5) is 11.4 Å². The molecule has 1 aliphatic heterocycles. The highest BCUT2D eigenvalue weighted by Gasteiger charge is 2.28. The molecule has 0 bridgehead atoms. The van der Waals surface area contributed by atoms with Gasteiger partial charge in [0, 0.05) is 39.6 Å². The number of nitrogens with one attached hydrogen (secondary N) is 1. The molecule has 0 aliphatic carbocycles. The highest BCUT2D eigenvalue weighted by atomic mass is 16.3. The molecule has 2 N–H and O–H groups in total. The van der Waals surface area contributed by atoms with Crippen LogP contribution in [0.15, 0.2) is 9.59 Å². The highest BCUT2D eigenvalue weighted by Crippen LogP contribution is 2.21. The van der Waals surface area contributed by atoms with E-state index in [0.29, 0.717) is 31.9 Å². The largest absolute Gasteiger partial charge is 0.392 e. The van der Waals surface area contributed by atoms with Crippen molar-refractivity contribution in [1.82, 2.24) is 4.90 Å². The monoisotopic (exact) mass is 281 g/mol. The first kappa shape index (κ1) is 14.5. The molecule has 1 aromatic rings. The Bertz CT molecular complexity index is 566. The molecule has 1 saturated heterocycles. The van der Waals surface area contributed by atoms with Crippen molar-refractivity contribution in [3.8, 4) is 0 Å². The molecule has 1 atom stereocenters. The van der Waals surface area contributed by atoms with Crippen molar-refractivity contribution in [3.05, 3.63) is 20.4 Å². The lowest BCUT2D eigenvalue weighted by Crippen LogP contribution is -2.52. The van der Waals surface area contributed by atoms with Gasteiger partial charge in [-0.3, -0.25) is 14.4 Å². The lowest BCUT2D eigenvalue weighted by molar-refractivity contribution is -0.129. The van der Waals surface area contributed by atoms with Crippen LogP contribution in [-0.2, 0) is 4.79 Å². The van der Waals surface area contributed by atoms with Crippen LogP contribution in [0.5, 0.6) is 0 Å². The zero-order valence-corrected chi connectivity index (χ0v) is 11.7. The number of carbonyl (C=O) groups is 1. The van der Waals surface area contributed by atoms with Crippen molar-refractivity contribution < 1.29 is 9.90 Å². The summed E-state index contributed by atoms with van der Waals surface area (Å²) in [6, 6.07) is 0. The Labute approximate surface area is 116 Å². The van der Waals surface area contributed by atoms with E-state index in [1.54, 1.807) is 11.8 Å². The quantitative estimate of drug-likeness (QED) is 0.670. The van der Waals surface area contributed by atoms with Crippen LogP contribution in [0.3, 0.4) is 0 Å². The zero-order valence-electron chi connectivity index (χ0n) is 11.7. The van der Waals surface area contributed by atoms with Crippen molar-refractivity contribution >= 4 is 17.3 Å². The van der Waals surface area contributed by atoms with E-state index in [-0.39, 0.29) is 18.1 Å². The fourth-order valence-corrected chi connectivity index (χ4v) is 2.34. The van der Waals surface area contributed by atoms with Gasteiger partial charge in [0.15, 0.2) is 0 Å². The Morgan fingerprint density at radius 1 is 1.25 bits per heavy atom. The van der Waals surface area contributed by atoms with E-state index in [1.807, 2.05) is 4.90 Å². The fourth-order valence-electron chi connectivity index (χ4n) is 2.34. The minimum atomic E-state index is -0.596. The molecule has 0 spiro atoms. The highest BCUT2D eigenvalue weighted by molar-refractivity contribution is 5.76. The summed E-state index contributed by atoms with van der Waals surface area (Å²) in [5.41, 5.74) is -0.352. The van der Waals surface area contributed by atoms with Gasteiger partial charge < -0.3 is 20.2 Å². The number of hydrogen-bond acceptors (Lipinski definition) is 6. The molecule has 7 heteroatoms. The van der Waals surface area contributed by atoms with E-state index < -0.39 is 17.0 Å². The maximum absolute atomic E-state index is 11.7. The minimum Gasteiger partial charge on any atom is -0.392 e. The van der Waals surface area contributed by atoms with Crippen molar-refractivity contribution in [3.63, 3.8) is 0 Å². The molecule has 1 heterocycles. The van der Waals surface area contributed by atoms with Gasteiger partial charge in [-0.15, -0.1) is 0 Å². The summed E-state index contributed by atoms with van der Waals surface area (Å²) in [6.07, 6.45) is -0.596. The fraction of sp³-hybridized carbons (Fsp3) is 0.615. The van der Waals surface area contributed by atoms with Crippen LogP contribution in [0.2, 0.25) is 0 Å². The van der Waals surface area contributed by atoms with Crippen LogP contribution >= 0.6 is 0 Å². The van der Waals surface area contributed by atoms with E-state index in [0.717, 1.165) is 0 Å². The van der Waals surface area contributed by atoms with Crippen LogP contribution in [-0.4, -0.2) is 54.7 Å². The van der Waals surface area contributed by atoms with Gasteiger partial charge in [0.25, 0.3) is 10.9 Å². The van der Waals surface area contributed by atoms with Crippen molar-refractivity contribution in [2.75, 3.05) is 42.9 Å². The molecular weight excluding hydrogens is 262 g/mol. The summed E-state index contributed by atoms with van der Waals surface area (Å²) < 4.78 is 0. The molecule has 1 unspecified atom stereocenters. The molecular formula is C13H19N3O4. The number of amides is 1. The molecule has 0 aromatic heterocycles. The number of hydrogen-bond donors (Lipinski definition) is 2. The maximum atomic E-state index is 11.7. The van der Waals surface area contributed by atoms with Gasteiger partial charge in [0.1, 0.15) is 11.4 Å². The predicted octanol–water partition coefficient (Wildman–Crippen LogP) is -1.26. The summed E-state index contributed by atoms with van der Waals surface area (Å²) >= 11 is 0. The number of aliphatic hydroxyl groups is 1. The number of carbonyl (C=O) groups excluding carboxylic acids is 1. The zero-order chi connectivity index (χ0) is 14.9. The second kappa shape index (κ2) is 5.62. The Balaban J connectivity index is 2.07. The number of piperazine rings is 1. The van der Waals surface area contributed by atoms with Crippen molar-refractivity contribution in [2.45, 2.75) is 20.0 Å². The molecule has 0 saturated carbocycles. The van der Waals surface area contributed by atoms with E-state index in [1.165, 1.54) is 6.92 Å². The molecule has 1 aliphatic rings. The number of aliphatic hydroxyl groups excluding tert-OH is 1. The average Bonchev–Trinajstić information content (AvgIpc) is 2.42.